The van der Waals surface area contributed by atoms with E-state index in [0.717, 1.165) is 54.1 Å². The van der Waals surface area contributed by atoms with Crippen LogP contribution in [0.15, 0.2) is 65.2 Å². The van der Waals surface area contributed by atoms with E-state index in [1.807, 2.05) is 24.3 Å². The van der Waals surface area contributed by atoms with E-state index in [2.05, 4.69) is 71.8 Å². The second-order valence-electron chi connectivity index (χ2n) is 12.9. The molecule has 1 aliphatic heterocycles. The number of aromatic nitrogens is 2. The second kappa shape index (κ2) is 13.3. The van der Waals surface area contributed by atoms with Crippen molar-refractivity contribution >= 4 is 17.7 Å². The molecule has 1 aliphatic carbocycles. The van der Waals surface area contributed by atoms with Crippen LogP contribution in [0.3, 0.4) is 0 Å². The summed E-state index contributed by atoms with van der Waals surface area (Å²) in [4.78, 5) is 21.8. The summed E-state index contributed by atoms with van der Waals surface area (Å²) in [6.07, 6.45) is 6.45. The molecule has 2 atom stereocenters. The highest BCUT2D eigenvalue weighted by molar-refractivity contribution is 5.91. The molecular weight excluding hydrogens is 566 g/mol. The third-order valence-corrected chi connectivity index (χ3v) is 8.91. The first kappa shape index (κ1) is 30.6. The molecule has 2 aromatic heterocycles. The Balaban J connectivity index is 1.01. The molecule has 236 valence electrons. The minimum atomic E-state index is -0.296. The largest absolute Gasteiger partial charge is 0.426 e. The molecule has 1 fully saturated rings. The molecule has 9 nitrogen and oxygen atoms in total. The third kappa shape index (κ3) is 7.48. The van der Waals surface area contributed by atoms with E-state index in [4.69, 9.17) is 13.9 Å². The lowest BCUT2D eigenvalue weighted by Gasteiger charge is -2.36. The average molecular weight is 610 g/mol. The molecule has 0 saturated carbocycles. The first-order valence-corrected chi connectivity index (χ1v) is 15.9. The van der Waals surface area contributed by atoms with E-state index < -0.39 is 0 Å². The molecule has 45 heavy (non-hydrogen) atoms. The Kier molecular flexibility index (Phi) is 9.07. The fourth-order valence-electron chi connectivity index (χ4n) is 6.14. The maximum atomic E-state index is 12.9. The summed E-state index contributed by atoms with van der Waals surface area (Å²) < 4.78 is 17.6. The Morgan fingerprint density at radius 1 is 1.04 bits per heavy atom. The fraction of sp³-hybridized carbons (Fsp3) is 0.417. The molecule has 0 radical (unpaired) electrons. The molecule has 3 heterocycles. The lowest BCUT2D eigenvalue weighted by Crippen LogP contribution is -2.25. The lowest BCUT2D eigenvalue weighted by molar-refractivity contribution is 0.0918. The van der Waals surface area contributed by atoms with Crippen LogP contribution in [0.1, 0.15) is 90.7 Å². The molecule has 1 saturated heterocycles. The van der Waals surface area contributed by atoms with Crippen molar-refractivity contribution in [2.45, 2.75) is 83.9 Å². The van der Waals surface area contributed by atoms with Crippen LogP contribution in [0.25, 0.3) is 0 Å². The van der Waals surface area contributed by atoms with Crippen LogP contribution >= 0.6 is 0 Å². The van der Waals surface area contributed by atoms with Crippen molar-refractivity contribution in [2.24, 2.45) is 0 Å². The Morgan fingerprint density at radius 3 is 2.71 bits per heavy atom. The van der Waals surface area contributed by atoms with Gasteiger partial charge in [-0.3, -0.25) is 4.79 Å². The number of fused-ring (bicyclic) bond motifs is 1. The topological polar surface area (TPSA) is 111 Å². The standard InChI is InChI=1S/C36H43N5O4/c1-23-12-14-36(3,4)29-17-24(2)31(19-28(23)29)45-33-11-10-30(44-33)34(42)39-21-26-8-5-7-25(18-26)20-38-32-13-15-37-35(41-32)40-22-27-9-6-16-43-27/h5,7-8,10-11,13,15,17-19,23,27H,6,9,12,14,16,20-22H2,1-4H3,(H,39,42)(H2,37,38,40,41)/t23?,27-/m1/s1. The van der Waals surface area contributed by atoms with Crippen molar-refractivity contribution in [2.75, 3.05) is 23.8 Å². The molecule has 1 amide bonds. The van der Waals surface area contributed by atoms with Crippen molar-refractivity contribution in [1.29, 1.82) is 0 Å². The summed E-state index contributed by atoms with van der Waals surface area (Å²) in [5.41, 5.74) is 5.98. The number of hydrogen-bond acceptors (Lipinski definition) is 8. The minimum Gasteiger partial charge on any atom is -0.426 e. The lowest BCUT2D eigenvalue weighted by atomic mass is 9.69. The van der Waals surface area contributed by atoms with E-state index in [1.54, 1.807) is 18.3 Å². The number of benzene rings is 2. The van der Waals surface area contributed by atoms with E-state index in [-0.39, 0.29) is 23.2 Å². The van der Waals surface area contributed by atoms with Gasteiger partial charge in [-0.05, 0) is 90.0 Å². The molecule has 2 aromatic carbocycles. The number of carbonyl (C=O) groups is 1. The Labute approximate surface area is 265 Å². The summed E-state index contributed by atoms with van der Waals surface area (Å²) in [6.45, 7) is 11.4. The fourth-order valence-corrected chi connectivity index (χ4v) is 6.14. The van der Waals surface area contributed by atoms with Crippen molar-refractivity contribution in [1.82, 2.24) is 15.3 Å². The predicted octanol–water partition coefficient (Wildman–Crippen LogP) is 7.48. The number of anilines is 2. The van der Waals surface area contributed by atoms with E-state index in [1.165, 1.54) is 17.5 Å². The molecule has 3 N–H and O–H groups in total. The molecular formula is C36H43N5O4. The quantitative estimate of drug-likeness (QED) is 0.161. The zero-order chi connectivity index (χ0) is 31.4. The van der Waals surface area contributed by atoms with Gasteiger partial charge in [-0.1, -0.05) is 51.1 Å². The molecule has 0 spiro atoms. The average Bonchev–Trinajstić information content (AvgIpc) is 3.74. The first-order valence-electron chi connectivity index (χ1n) is 15.9. The normalized spacial score (nSPS) is 18.7. The van der Waals surface area contributed by atoms with Crippen molar-refractivity contribution in [3.05, 3.63) is 94.4 Å². The Hall–Kier alpha value is -4.37. The summed E-state index contributed by atoms with van der Waals surface area (Å²) in [5, 5.41) is 9.58. The number of amides is 1. The molecule has 2 aliphatic rings. The molecule has 9 heteroatoms. The summed E-state index contributed by atoms with van der Waals surface area (Å²) in [7, 11) is 0. The van der Waals surface area contributed by atoms with Gasteiger partial charge in [0.2, 0.25) is 5.95 Å². The van der Waals surface area contributed by atoms with Crippen LogP contribution in [0.2, 0.25) is 0 Å². The van der Waals surface area contributed by atoms with Crippen LogP contribution in [-0.4, -0.2) is 35.1 Å². The van der Waals surface area contributed by atoms with Crippen LogP contribution < -0.4 is 20.7 Å². The van der Waals surface area contributed by atoms with Crippen LogP contribution in [0, 0.1) is 6.92 Å². The number of hydrogen-bond donors (Lipinski definition) is 3. The van der Waals surface area contributed by atoms with Crippen LogP contribution in [0.5, 0.6) is 11.7 Å². The van der Waals surface area contributed by atoms with Crippen molar-refractivity contribution in [3.8, 4) is 11.7 Å². The highest BCUT2D eigenvalue weighted by Crippen LogP contribution is 2.45. The first-order chi connectivity index (χ1) is 21.7. The van der Waals surface area contributed by atoms with Gasteiger partial charge >= 0.3 is 0 Å². The van der Waals surface area contributed by atoms with E-state index in [0.29, 0.717) is 37.4 Å². The number of aryl methyl sites for hydroxylation is 1. The van der Waals surface area contributed by atoms with Gasteiger partial charge in [0.05, 0.1) is 6.10 Å². The maximum Gasteiger partial charge on any atom is 0.290 e. The van der Waals surface area contributed by atoms with E-state index >= 15 is 0 Å². The maximum absolute atomic E-state index is 12.9. The van der Waals surface area contributed by atoms with Crippen LogP contribution in [-0.2, 0) is 23.2 Å². The second-order valence-corrected chi connectivity index (χ2v) is 12.9. The van der Waals surface area contributed by atoms with Crippen molar-refractivity contribution < 1.29 is 18.7 Å². The van der Waals surface area contributed by atoms with Gasteiger partial charge in [0.1, 0.15) is 11.6 Å². The van der Waals surface area contributed by atoms with Gasteiger partial charge in [-0.15, -0.1) is 0 Å². The van der Waals surface area contributed by atoms with E-state index in [9.17, 15) is 4.79 Å². The molecule has 4 aromatic rings. The van der Waals surface area contributed by atoms with Gasteiger partial charge in [0, 0.05) is 38.5 Å². The smallest absolute Gasteiger partial charge is 0.290 e. The minimum absolute atomic E-state index is 0.153. The monoisotopic (exact) mass is 609 g/mol. The summed E-state index contributed by atoms with van der Waals surface area (Å²) in [6, 6.07) is 17.6. The summed E-state index contributed by atoms with van der Waals surface area (Å²) in [5.74, 6) is 2.77. The SMILES string of the molecule is Cc1cc2c(cc1Oc1ccc(C(=O)NCc3cccc(CNc4ccnc(NC[C@H]5CCCO5)n4)c3)o1)C(C)CCC2(C)C. The number of rotatable bonds is 11. The van der Waals surface area contributed by atoms with Gasteiger partial charge in [0.25, 0.3) is 11.9 Å². The number of nitrogens with one attached hydrogen (secondary N) is 3. The van der Waals surface area contributed by atoms with Gasteiger partial charge in [-0.2, -0.15) is 4.98 Å². The molecule has 6 rings (SSSR count). The molecule has 1 unspecified atom stereocenters. The summed E-state index contributed by atoms with van der Waals surface area (Å²) >= 11 is 0. The van der Waals surface area contributed by atoms with Crippen molar-refractivity contribution in [3.63, 3.8) is 0 Å². The molecule has 0 bridgehead atoms. The van der Waals surface area contributed by atoms with Crippen LogP contribution in [0.4, 0.5) is 11.8 Å². The zero-order valence-electron chi connectivity index (χ0n) is 26.6. The highest BCUT2D eigenvalue weighted by atomic mass is 16.6. The Morgan fingerprint density at radius 2 is 1.89 bits per heavy atom. The predicted molar refractivity (Wildman–Crippen MR) is 175 cm³/mol. The number of carbonyl (C=O) groups excluding carboxylic acids is 1. The van der Waals surface area contributed by atoms with Gasteiger partial charge in [-0.25, -0.2) is 4.98 Å². The number of ether oxygens (including phenoxy) is 2. The van der Waals surface area contributed by atoms with Gasteiger partial charge in [0.15, 0.2) is 5.76 Å². The number of furan rings is 1. The Bertz CT molecular complexity index is 1640. The third-order valence-electron chi connectivity index (χ3n) is 8.91. The highest BCUT2D eigenvalue weighted by Gasteiger charge is 2.32. The zero-order valence-corrected chi connectivity index (χ0v) is 26.6. The number of nitrogens with zero attached hydrogens (tertiary/aromatic N) is 2. The van der Waals surface area contributed by atoms with Gasteiger partial charge < -0.3 is 29.8 Å².